The number of para-hydroxylation sites is 1. The van der Waals surface area contributed by atoms with Crippen molar-refractivity contribution >= 4 is 50.1 Å². The first-order valence-electron chi connectivity index (χ1n) is 12.1. The number of halogens is 1. The second-order valence-corrected chi connectivity index (χ2v) is 12.8. The summed E-state index contributed by atoms with van der Waals surface area (Å²) in [6.07, 6.45) is 2.67. The van der Waals surface area contributed by atoms with Gasteiger partial charge in [-0.3, -0.25) is 0 Å². The molecule has 2 N–H and O–H groups in total. The number of piperidine rings is 1. The minimum absolute atomic E-state index is 0.0539. The van der Waals surface area contributed by atoms with Gasteiger partial charge in [-0.05, 0) is 77.5 Å². The zero-order chi connectivity index (χ0) is 25.6. The van der Waals surface area contributed by atoms with Crippen LogP contribution in [0.3, 0.4) is 0 Å². The van der Waals surface area contributed by atoms with Gasteiger partial charge in [0.2, 0.25) is 10.0 Å². The van der Waals surface area contributed by atoms with Crippen LogP contribution in [-0.2, 0) is 22.0 Å². The van der Waals surface area contributed by atoms with Crippen molar-refractivity contribution in [3.8, 4) is 0 Å². The molecule has 0 aliphatic carbocycles. The number of sulfonamides is 1. The molecule has 11 heteroatoms. The Morgan fingerprint density at radius 1 is 1.00 bits per heavy atom. The van der Waals surface area contributed by atoms with Gasteiger partial charge in [0.1, 0.15) is 4.90 Å². The zero-order valence-corrected chi connectivity index (χ0v) is 22.2. The van der Waals surface area contributed by atoms with Crippen LogP contribution in [0.15, 0.2) is 73.9 Å². The van der Waals surface area contributed by atoms with Gasteiger partial charge in [-0.25, -0.2) is 13.0 Å². The van der Waals surface area contributed by atoms with Gasteiger partial charge in [0.05, 0.1) is 11.3 Å². The molecule has 8 nitrogen and oxygen atoms in total. The largest absolute Gasteiger partial charge is 0.385 e. The second kappa shape index (κ2) is 9.59. The topological polar surface area (TPSA) is 109 Å². The predicted molar refractivity (Wildman–Crippen MR) is 143 cm³/mol. The summed E-state index contributed by atoms with van der Waals surface area (Å²) in [4.78, 5) is 1.87. The number of anilines is 1. The summed E-state index contributed by atoms with van der Waals surface area (Å²) in [5, 5.41) is 23.3. The van der Waals surface area contributed by atoms with Gasteiger partial charge in [0.15, 0.2) is 11.0 Å². The molecule has 0 saturated carbocycles. The number of nitrogens with one attached hydrogen (secondary N) is 1. The number of aromatic nitrogens is 2. The van der Waals surface area contributed by atoms with E-state index in [9.17, 15) is 13.5 Å². The van der Waals surface area contributed by atoms with Gasteiger partial charge in [0, 0.05) is 34.4 Å². The van der Waals surface area contributed by atoms with E-state index in [4.69, 9.17) is 16.2 Å². The minimum Gasteiger partial charge on any atom is -0.385 e. The lowest BCUT2D eigenvalue weighted by Gasteiger charge is -2.37. The number of hydrogen-bond donors (Lipinski definition) is 2. The minimum atomic E-state index is -3.88. The Kier molecular flexibility index (Phi) is 6.40. The summed E-state index contributed by atoms with van der Waals surface area (Å²) in [5.74, 6) is 0. The lowest BCUT2D eigenvalue weighted by Crippen LogP contribution is -2.45. The predicted octanol–water partition coefficient (Wildman–Crippen LogP) is 5.06. The lowest BCUT2D eigenvalue weighted by molar-refractivity contribution is -0.00960. The maximum Gasteiger partial charge on any atom is 0.245 e. The summed E-state index contributed by atoms with van der Waals surface area (Å²) < 4.78 is 33.7. The summed E-state index contributed by atoms with van der Waals surface area (Å²) >= 11 is 7.49. The molecule has 37 heavy (non-hydrogen) atoms. The van der Waals surface area contributed by atoms with Crippen LogP contribution in [0.4, 0.5) is 5.69 Å². The normalized spacial score (nSPS) is 17.9. The standard InChI is InChI=1S/C26H25ClN4O4S2/c27-19-8-6-18(7-9-19)26(32)12-15-31(16-13-26)37(33,34)22-11-10-21(24-25(22)30-35-29-24)36-20-5-1-3-17-4-2-14-28-23(17)20/h1,3,5-11,28,32H,2,4,12-16H2. The molecule has 0 spiro atoms. The van der Waals surface area contributed by atoms with Gasteiger partial charge in [0.25, 0.3) is 0 Å². The fourth-order valence-electron chi connectivity index (χ4n) is 5.08. The van der Waals surface area contributed by atoms with Crippen molar-refractivity contribution in [1.82, 2.24) is 14.6 Å². The Morgan fingerprint density at radius 2 is 1.76 bits per heavy atom. The first-order valence-corrected chi connectivity index (χ1v) is 14.8. The van der Waals surface area contributed by atoms with E-state index in [1.807, 2.05) is 12.1 Å². The van der Waals surface area contributed by atoms with Crippen LogP contribution in [0.1, 0.15) is 30.4 Å². The van der Waals surface area contributed by atoms with E-state index in [2.05, 4.69) is 21.7 Å². The van der Waals surface area contributed by atoms with Gasteiger partial charge < -0.3 is 10.4 Å². The number of nitrogens with zero attached hydrogens (tertiary/aromatic N) is 3. The summed E-state index contributed by atoms with van der Waals surface area (Å²) in [7, 11) is -3.88. The molecule has 1 fully saturated rings. The maximum absolute atomic E-state index is 13.7. The van der Waals surface area contributed by atoms with E-state index in [1.165, 1.54) is 21.6 Å². The van der Waals surface area contributed by atoms with Gasteiger partial charge in [-0.2, -0.15) is 4.31 Å². The fraction of sp³-hybridized carbons (Fsp3) is 0.308. The summed E-state index contributed by atoms with van der Waals surface area (Å²) in [6.45, 7) is 1.27. The molecular formula is C26H25ClN4O4S2. The second-order valence-electron chi connectivity index (χ2n) is 9.39. The van der Waals surface area contributed by atoms with Crippen LogP contribution >= 0.6 is 23.4 Å². The molecule has 2 aliphatic heterocycles. The number of aryl methyl sites for hydroxylation is 1. The molecule has 2 aliphatic rings. The van der Waals surface area contributed by atoms with E-state index in [-0.39, 0.29) is 36.3 Å². The molecule has 3 aromatic carbocycles. The molecule has 192 valence electrons. The summed E-state index contributed by atoms with van der Waals surface area (Å²) in [6, 6.07) is 16.6. The Bertz CT molecular complexity index is 1570. The molecule has 1 saturated heterocycles. The highest BCUT2D eigenvalue weighted by atomic mass is 35.5. The Morgan fingerprint density at radius 3 is 2.54 bits per heavy atom. The number of fused-ring (bicyclic) bond motifs is 2. The molecule has 0 amide bonds. The van der Waals surface area contributed by atoms with Gasteiger partial charge >= 0.3 is 0 Å². The lowest BCUT2D eigenvalue weighted by atomic mass is 9.85. The first-order chi connectivity index (χ1) is 17.8. The molecule has 0 radical (unpaired) electrons. The molecule has 6 rings (SSSR count). The quantitative estimate of drug-likeness (QED) is 0.351. The molecule has 0 bridgehead atoms. The molecule has 0 atom stereocenters. The fourth-order valence-corrected chi connectivity index (χ4v) is 7.82. The first kappa shape index (κ1) is 24.7. The molecule has 3 heterocycles. The van der Waals surface area contributed by atoms with Crippen LogP contribution in [0.2, 0.25) is 5.02 Å². The molecule has 4 aromatic rings. The molecule has 0 unspecified atom stereocenters. The van der Waals surface area contributed by atoms with E-state index < -0.39 is 15.6 Å². The Labute approximate surface area is 224 Å². The Balaban J connectivity index is 1.27. The number of aliphatic hydroxyl groups is 1. The highest BCUT2D eigenvalue weighted by Gasteiger charge is 2.39. The van der Waals surface area contributed by atoms with Crippen molar-refractivity contribution in [2.45, 2.75) is 46.0 Å². The van der Waals surface area contributed by atoms with Crippen molar-refractivity contribution < 1.29 is 18.2 Å². The van der Waals surface area contributed by atoms with Gasteiger partial charge in [-0.15, -0.1) is 0 Å². The van der Waals surface area contributed by atoms with Crippen LogP contribution in [0, 0.1) is 0 Å². The average molecular weight is 557 g/mol. The zero-order valence-electron chi connectivity index (χ0n) is 19.9. The molecule has 1 aromatic heterocycles. The van der Waals surface area contributed by atoms with Crippen molar-refractivity contribution in [3.05, 3.63) is 70.7 Å². The smallest absolute Gasteiger partial charge is 0.245 e. The van der Waals surface area contributed by atoms with E-state index in [0.29, 0.717) is 10.5 Å². The SMILES string of the molecule is O=S(=O)(c1ccc(Sc2cccc3c2NCCC3)c2nonc12)N1CCC(O)(c2ccc(Cl)cc2)CC1. The van der Waals surface area contributed by atoms with Crippen LogP contribution in [0.25, 0.3) is 11.0 Å². The van der Waals surface area contributed by atoms with Crippen LogP contribution in [0.5, 0.6) is 0 Å². The third-order valence-corrected chi connectivity index (χ3v) is 10.4. The number of hydrogen-bond acceptors (Lipinski definition) is 8. The number of benzene rings is 3. The monoisotopic (exact) mass is 556 g/mol. The van der Waals surface area contributed by atoms with Crippen molar-refractivity contribution in [2.75, 3.05) is 25.0 Å². The summed E-state index contributed by atoms with van der Waals surface area (Å²) in [5.41, 5.74) is 2.63. The third kappa shape index (κ3) is 4.51. The van der Waals surface area contributed by atoms with E-state index in [0.717, 1.165) is 40.4 Å². The highest BCUT2D eigenvalue weighted by molar-refractivity contribution is 7.99. The van der Waals surface area contributed by atoms with Crippen molar-refractivity contribution in [1.29, 1.82) is 0 Å². The third-order valence-electron chi connectivity index (χ3n) is 7.15. The van der Waals surface area contributed by atoms with E-state index in [1.54, 1.807) is 36.4 Å². The van der Waals surface area contributed by atoms with Crippen molar-refractivity contribution in [2.24, 2.45) is 0 Å². The van der Waals surface area contributed by atoms with Gasteiger partial charge in [-0.1, -0.05) is 47.6 Å². The Hall–Kier alpha value is -2.63. The number of rotatable bonds is 5. The van der Waals surface area contributed by atoms with E-state index >= 15 is 0 Å². The highest BCUT2D eigenvalue weighted by Crippen LogP contribution is 2.41. The van der Waals surface area contributed by atoms with Crippen LogP contribution in [-0.4, -0.2) is 47.8 Å². The van der Waals surface area contributed by atoms with Crippen molar-refractivity contribution in [3.63, 3.8) is 0 Å². The average Bonchev–Trinajstić information content (AvgIpc) is 3.40. The van der Waals surface area contributed by atoms with Crippen LogP contribution < -0.4 is 5.32 Å². The maximum atomic E-state index is 13.7. The molecular weight excluding hydrogens is 532 g/mol.